The van der Waals surface area contributed by atoms with Crippen LogP contribution in [0.5, 0.6) is 0 Å². The maximum atomic E-state index is 13.5. The van der Waals surface area contributed by atoms with Crippen LogP contribution in [-0.2, 0) is 33.2 Å². The molecular weight excluding hydrogens is 1360 g/mol. The molecule has 12 N–H and O–H groups in total. The van der Waals surface area contributed by atoms with Crippen LogP contribution in [0.2, 0.25) is 0 Å². The topological polar surface area (TPSA) is 307 Å². The van der Waals surface area contributed by atoms with Gasteiger partial charge in [0, 0.05) is 6.42 Å². The average molecular weight is 1510 g/mol. The van der Waals surface area contributed by atoms with Crippen molar-refractivity contribution < 1.29 is 89.4 Å². The summed E-state index contributed by atoms with van der Waals surface area (Å²) in [6, 6.07) is -1.01. The fourth-order valence-electron chi connectivity index (χ4n) is 13.5. The van der Waals surface area contributed by atoms with Gasteiger partial charge in [0.05, 0.1) is 38.6 Å². The Morgan fingerprint density at radius 2 is 0.654 bits per heavy atom. The maximum absolute atomic E-state index is 13.5. The highest BCUT2D eigenvalue weighted by Crippen LogP contribution is 2.33. The van der Waals surface area contributed by atoms with Crippen LogP contribution < -0.4 is 5.32 Å². The van der Waals surface area contributed by atoms with E-state index in [2.05, 4.69) is 129 Å². The standard InChI is InChI=1S/C88H151NO18/c1-3-5-7-9-11-13-15-17-19-21-23-25-27-29-31-33-34-35-36-38-40-42-44-46-48-50-52-54-56-58-60-62-64-66-76(94)89-71(72(93)65-63-61-59-57-55-53-51-49-47-45-43-41-39-37-32-30-28-26-24-22-20-18-16-14-12-10-8-6-4-2)70-102-86-82(100)79(97)84(74(68-91)104-86)107-88-83(101)80(98)85(75(69-92)105-88)106-87-81(99)78(96)77(95)73(67-90)103-87/h5,7,11,13,17,19,23,25,29,31,34-35,38,40,47,49,55,57,63,65,71-75,77-88,90-93,95-101H,3-4,6,8-10,12,14-16,18,20-22,24,26-28,30,32-33,36-37,39,41-46,48,50-54,56,58-62,64,66-70H2,1-2H3,(H,89,94)/b7-5-,13-11-,19-17-,25-23-,31-29-,35-34-,40-38-,49-47+,57-55+,65-63+. The van der Waals surface area contributed by atoms with Crippen LogP contribution >= 0.6 is 0 Å². The molecule has 0 saturated carbocycles. The number of nitrogens with one attached hydrogen (secondary N) is 1. The first-order chi connectivity index (χ1) is 52.3. The first kappa shape index (κ1) is 97.4. The molecular formula is C88H151NO18. The van der Waals surface area contributed by atoms with Crippen molar-refractivity contribution in [1.82, 2.24) is 5.32 Å². The molecule has 0 aromatic carbocycles. The zero-order chi connectivity index (χ0) is 77.4. The van der Waals surface area contributed by atoms with Gasteiger partial charge in [-0.3, -0.25) is 4.79 Å². The highest BCUT2D eigenvalue weighted by atomic mass is 16.8. The third-order valence-electron chi connectivity index (χ3n) is 20.2. The lowest BCUT2D eigenvalue weighted by Gasteiger charge is -2.48. The van der Waals surface area contributed by atoms with Gasteiger partial charge in [-0.1, -0.05) is 309 Å². The van der Waals surface area contributed by atoms with Crippen molar-refractivity contribution in [3.05, 3.63) is 122 Å². The second-order valence-electron chi connectivity index (χ2n) is 29.5. The minimum Gasteiger partial charge on any atom is -0.394 e. The number of allylic oxidation sites excluding steroid dienone is 19. The van der Waals surface area contributed by atoms with Gasteiger partial charge in [-0.15, -0.1) is 0 Å². The summed E-state index contributed by atoms with van der Waals surface area (Å²) in [5.74, 6) is -0.295. The number of ether oxygens (including phenoxy) is 6. The maximum Gasteiger partial charge on any atom is 0.220 e. The summed E-state index contributed by atoms with van der Waals surface area (Å²) < 4.78 is 34.5. The summed E-state index contributed by atoms with van der Waals surface area (Å²) >= 11 is 0. The molecule has 17 atom stereocenters. The second-order valence-corrected chi connectivity index (χ2v) is 29.5. The van der Waals surface area contributed by atoms with E-state index in [-0.39, 0.29) is 18.9 Å². The number of aliphatic hydroxyl groups is 11. The number of hydrogen-bond acceptors (Lipinski definition) is 18. The molecule has 17 unspecified atom stereocenters. The quantitative estimate of drug-likeness (QED) is 0.0199. The fraction of sp³-hybridized carbons (Fsp3) is 0.761. The van der Waals surface area contributed by atoms with Gasteiger partial charge in [-0.25, -0.2) is 0 Å². The van der Waals surface area contributed by atoms with Crippen LogP contribution in [0.4, 0.5) is 0 Å². The van der Waals surface area contributed by atoms with E-state index in [1.54, 1.807) is 6.08 Å². The molecule has 0 spiro atoms. The van der Waals surface area contributed by atoms with E-state index in [4.69, 9.17) is 28.4 Å². The minimum atomic E-state index is -1.99. The molecule has 0 bridgehead atoms. The van der Waals surface area contributed by atoms with Crippen molar-refractivity contribution in [1.29, 1.82) is 0 Å². The van der Waals surface area contributed by atoms with Gasteiger partial charge in [0.1, 0.15) is 73.2 Å². The number of carbonyl (C=O) groups is 1. The van der Waals surface area contributed by atoms with Gasteiger partial charge in [0.25, 0.3) is 0 Å². The van der Waals surface area contributed by atoms with E-state index in [1.165, 1.54) is 161 Å². The SMILES string of the molecule is CC/C=C\C/C=C\C/C=C\C/C=C\C/C=C\C/C=C\C/C=C\CCCCCCCCCCCCCC(=O)NC(COC1OC(CO)C(OC2OC(CO)C(OC3OC(CO)C(O)C(O)C3O)C(O)C2O)C(O)C1O)C(O)/C=C/CC/C=C/CC/C=C/CCCCCCCCCCCCCCCCCCCCC. The van der Waals surface area contributed by atoms with Crippen LogP contribution in [0.15, 0.2) is 122 Å². The zero-order valence-corrected chi connectivity index (χ0v) is 66.1. The van der Waals surface area contributed by atoms with Crippen LogP contribution in [-0.4, -0.2) is 193 Å². The number of amides is 1. The lowest BCUT2D eigenvalue weighted by molar-refractivity contribution is -0.379. The van der Waals surface area contributed by atoms with E-state index in [0.29, 0.717) is 12.8 Å². The van der Waals surface area contributed by atoms with E-state index in [9.17, 15) is 61.0 Å². The molecule has 1 amide bonds. The highest BCUT2D eigenvalue weighted by Gasteiger charge is 2.54. The van der Waals surface area contributed by atoms with Crippen LogP contribution in [0.3, 0.4) is 0 Å². The monoisotopic (exact) mass is 1510 g/mol. The van der Waals surface area contributed by atoms with Gasteiger partial charge in [-0.05, 0) is 103 Å². The largest absolute Gasteiger partial charge is 0.394 e. The summed E-state index contributed by atoms with van der Waals surface area (Å²) in [6.07, 6.45) is 67.6. The minimum absolute atomic E-state index is 0.221. The Hall–Kier alpha value is -3.81. The summed E-state index contributed by atoms with van der Waals surface area (Å²) in [5, 5.41) is 121. The van der Waals surface area contributed by atoms with Gasteiger partial charge in [0.2, 0.25) is 5.91 Å². The average Bonchev–Trinajstić information content (AvgIpc) is 0.782. The predicted octanol–water partition coefficient (Wildman–Crippen LogP) is 15.1. The van der Waals surface area contributed by atoms with Crippen LogP contribution in [0, 0.1) is 0 Å². The van der Waals surface area contributed by atoms with Gasteiger partial charge >= 0.3 is 0 Å². The molecule has 107 heavy (non-hydrogen) atoms. The lowest BCUT2D eigenvalue weighted by Crippen LogP contribution is -2.66. The highest BCUT2D eigenvalue weighted by molar-refractivity contribution is 5.76. The number of unbranched alkanes of at least 4 members (excludes halogenated alkanes) is 32. The van der Waals surface area contributed by atoms with Crippen molar-refractivity contribution in [2.24, 2.45) is 0 Å². The van der Waals surface area contributed by atoms with Crippen molar-refractivity contribution in [2.45, 2.75) is 401 Å². The normalized spacial score (nSPS) is 26.2. The molecule has 3 heterocycles. The number of hydrogen-bond donors (Lipinski definition) is 12. The molecule has 3 aliphatic heterocycles. The molecule has 616 valence electrons. The molecule has 0 aromatic rings. The first-order valence-corrected chi connectivity index (χ1v) is 42.3. The Kier molecular flexibility index (Phi) is 60.8. The van der Waals surface area contributed by atoms with Crippen LogP contribution in [0.25, 0.3) is 0 Å². The third-order valence-corrected chi connectivity index (χ3v) is 20.2. The number of aliphatic hydroxyl groups excluding tert-OH is 11. The smallest absolute Gasteiger partial charge is 0.220 e. The number of carbonyl (C=O) groups excluding carboxylic acids is 1. The second kappa shape index (κ2) is 66.8. The fourth-order valence-corrected chi connectivity index (χ4v) is 13.5. The summed E-state index contributed by atoms with van der Waals surface area (Å²) in [6.45, 7) is 1.61. The van der Waals surface area contributed by atoms with Gasteiger partial charge in [0.15, 0.2) is 18.9 Å². The van der Waals surface area contributed by atoms with E-state index >= 15 is 0 Å². The molecule has 3 fully saturated rings. The van der Waals surface area contributed by atoms with Crippen molar-refractivity contribution in [3.8, 4) is 0 Å². The third kappa shape index (κ3) is 46.1. The molecule has 19 nitrogen and oxygen atoms in total. The van der Waals surface area contributed by atoms with Crippen molar-refractivity contribution in [2.75, 3.05) is 26.4 Å². The van der Waals surface area contributed by atoms with E-state index < -0.39 is 124 Å². The molecule has 3 rings (SSSR count). The number of rotatable bonds is 66. The summed E-state index contributed by atoms with van der Waals surface area (Å²) in [7, 11) is 0. The molecule has 0 aliphatic carbocycles. The first-order valence-electron chi connectivity index (χ1n) is 42.3. The Morgan fingerprint density at radius 1 is 0.346 bits per heavy atom. The molecule has 19 heteroatoms. The lowest BCUT2D eigenvalue weighted by atomic mass is 9.96. The zero-order valence-electron chi connectivity index (χ0n) is 66.1. The van der Waals surface area contributed by atoms with Crippen molar-refractivity contribution in [3.63, 3.8) is 0 Å². The van der Waals surface area contributed by atoms with Crippen molar-refractivity contribution >= 4 is 5.91 Å². The van der Waals surface area contributed by atoms with E-state index in [0.717, 1.165) is 103 Å². The Morgan fingerprint density at radius 3 is 1.05 bits per heavy atom. The molecule has 3 saturated heterocycles. The molecule has 0 radical (unpaired) electrons. The van der Waals surface area contributed by atoms with Crippen LogP contribution in [0.1, 0.15) is 296 Å². The molecule has 3 aliphatic rings. The Bertz CT molecular complexity index is 2410. The van der Waals surface area contributed by atoms with Gasteiger partial charge < -0.3 is 89.9 Å². The predicted molar refractivity (Wildman–Crippen MR) is 429 cm³/mol. The summed E-state index contributed by atoms with van der Waals surface area (Å²) in [5.41, 5.74) is 0. The Balaban J connectivity index is 1.38. The Labute approximate surface area is 646 Å². The van der Waals surface area contributed by atoms with Gasteiger partial charge in [-0.2, -0.15) is 0 Å². The van der Waals surface area contributed by atoms with E-state index in [1.807, 2.05) is 6.08 Å². The molecule has 0 aromatic heterocycles. The summed E-state index contributed by atoms with van der Waals surface area (Å²) in [4.78, 5) is 13.5.